The molecule has 2 heterocycles. The summed E-state index contributed by atoms with van der Waals surface area (Å²) in [7, 11) is 0. The van der Waals surface area contributed by atoms with Crippen molar-refractivity contribution in [2.24, 2.45) is 0 Å². The van der Waals surface area contributed by atoms with Crippen molar-refractivity contribution < 1.29 is 0 Å². The Kier molecular flexibility index (Phi) is 3.82. The van der Waals surface area contributed by atoms with Crippen LogP contribution in [0.2, 0.25) is 0 Å². The molecule has 0 aliphatic heterocycles. The molecule has 2 aromatic heterocycles. The van der Waals surface area contributed by atoms with Gasteiger partial charge in [-0.1, -0.05) is 15.9 Å². The molecule has 0 radical (unpaired) electrons. The van der Waals surface area contributed by atoms with Gasteiger partial charge in [-0.05, 0) is 56.9 Å². The van der Waals surface area contributed by atoms with E-state index in [4.69, 9.17) is 0 Å². The molecule has 2 aromatic rings. The van der Waals surface area contributed by atoms with Gasteiger partial charge >= 0.3 is 0 Å². The van der Waals surface area contributed by atoms with Crippen LogP contribution in [0.15, 0.2) is 32.7 Å². The first-order chi connectivity index (χ1) is 6.75. The molecule has 0 amide bonds. The quantitative estimate of drug-likeness (QED) is 0.662. The first-order valence-electron chi connectivity index (χ1n) is 4.16. The van der Waals surface area contributed by atoms with E-state index in [0.29, 0.717) is 4.83 Å². The molecule has 0 spiro atoms. The third kappa shape index (κ3) is 2.69. The van der Waals surface area contributed by atoms with Crippen molar-refractivity contribution in [3.05, 3.63) is 43.2 Å². The van der Waals surface area contributed by atoms with E-state index in [-0.39, 0.29) is 0 Å². The molecule has 74 valence electrons. The van der Waals surface area contributed by atoms with Gasteiger partial charge in [0, 0.05) is 4.88 Å². The van der Waals surface area contributed by atoms with Crippen molar-refractivity contribution in [3.8, 4) is 0 Å². The smallest absolute Gasteiger partial charge is 0.0701 e. The molecule has 1 atom stereocenters. The Bertz CT molecular complexity index is 392. The van der Waals surface area contributed by atoms with Crippen molar-refractivity contribution in [1.29, 1.82) is 0 Å². The van der Waals surface area contributed by atoms with Crippen LogP contribution < -0.4 is 0 Å². The third-order valence-corrected chi connectivity index (χ3v) is 5.49. The van der Waals surface area contributed by atoms with Gasteiger partial charge in [0.15, 0.2) is 0 Å². The molecule has 0 nitrogen and oxygen atoms in total. The van der Waals surface area contributed by atoms with Crippen LogP contribution >= 0.6 is 54.5 Å². The number of thiophene rings is 2. The van der Waals surface area contributed by atoms with Gasteiger partial charge in [0.2, 0.25) is 0 Å². The second-order valence-corrected chi connectivity index (χ2v) is 7.33. The van der Waals surface area contributed by atoms with Gasteiger partial charge in [0.25, 0.3) is 0 Å². The van der Waals surface area contributed by atoms with Gasteiger partial charge in [-0.25, -0.2) is 0 Å². The second-order valence-electron chi connectivity index (χ2n) is 2.95. The third-order valence-electron chi connectivity index (χ3n) is 1.90. The van der Waals surface area contributed by atoms with Crippen molar-refractivity contribution in [3.63, 3.8) is 0 Å². The maximum atomic E-state index is 3.71. The van der Waals surface area contributed by atoms with Gasteiger partial charge in [0.05, 0.1) is 8.61 Å². The van der Waals surface area contributed by atoms with Crippen LogP contribution in [-0.2, 0) is 6.42 Å². The van der Waals surface area contributed by atoms with Crippen molar-refractivity contribution in [2.45, 2.75) is 11.2 Å². The zero-order chi connectivity index (χ0) is 9.97. The average Bonchev–Trinajstić information content (AvgIpc) is 2.75. The van der Waals surface area contributed by atoms with Gasteiger partial charge in [0.1, 0.15) is 0 Å². The normalized spacial score (nSPS) is 13.0. The van der Waals surface area contributed by atoms with Crippen LogP contribution in [0, 0.1) is 0 Å². The molecular weight excluding hydrogens is 344 g/mol. The minimum Gasteiger partial charge on any atom is -0.152 e. The molecule has 0 saturated carbocycles. The maximum absolute atomic E-state index is 3.71. The molecule has 0 saturated heterocycles. The zero-order valence-corrected chi connectivity index (χ0v) is 12.0. The fourth-order valence-electron chi connectivity index (χ4n) is 1.21. The molecular formula is C10H8Br2S2. The lowest BCUT2D eigenvalue weighted by Gasteiger charge is -2.04. The molecule has 0 aromatic carbocycles. The number of hydrogen-bond donors (Lipinski definition) is 0. The summed E-state index contributed by atoms with van der Waals surface area (Å²) in [6, 6.07) is 6.45. The van der Waals surface area contributed by atoms with E-state index < -0.39 is 0 Å². The Morgan fingerprint density at radius 1 is 1.29 bits per heavy atom. The van der Waals surface area contributed by atoms with Gasteiger partial charge in [-0.2, -0.15) is 11.3 Å². The summed E-state index contributed by atoms with van der Waals surface area (Å²) in [4.78, 5) is 1.82. The van der Waals surface area contributed by atoms with E-state index in [1.54, 1.807) is 22.7 Å². The number of hydrogen-bond acceptors (Lipinski definition) is 2. The molecule has 4 heteroatoms. The van der Waals surface area contributed by atoms with E-state index >= 15 is 0 Å². The van der Waals surface area contributed by atoms with Crippen LogP contribution in [-0.4, -0.2) is 0 Å². The maximum Gasteiger partial charge on any atom is 0.0701 e. The Hall–Kier alpha value is 0.360. The molecule has 0 aliphatic rings. The lowest BCUT2D eigenvalue weighted by atomic mass is 10.2. The molecule has 0 fully saturated rings. The number of halogens is 2. The Labute approximate surface area is 108 Å². The monoisotopic (exact) mass is 350 g/mol. The summed E-state index contributed by atoms with van der Waals surface area (Å²) in [5.41, 5.74) is 1.40. The van der Waals surface area contributed by atoms with Crippen LogP contribution in [0.3, 0.4) is 0 Å². The summed E-state index contributed by atoms with van der Waals surface area (Å²) in [5, 5.41) is 4.33. The topological polar surface area (TPSA) is 0 Å². The van der Waals surface area contributed by atoms with E-state index in [1.165, 1.54) is 14.2 Å². The van der Waals surface area contributed by atoms with Crippen LogP contribution in [0.25, 0.3) is 0 Å². The minimum absolute atomic E-state index is 0.438. The Morgan fingerprint density at radius 3 is 2.71 bits per heavy atom. The van der Waals surface area contributed by atoms with E-state index in [9.17, 15) is 0 Å². The molecule has 0 N–H and O–H groups in total. The highest BCUT2D eigenvalue weighted by Crippen LogP contribution is 2.34. The van der Waals surface area contributed by atoms with Crippen LogP contribution in [0.4, 0.5) is 0 Å². The largest absolute Gasteiger partial charge is 0.152 e. The summed E-state index contributed by atoms with van der Waals surface area (Å²) in [5.74, 6) is 0. The predicted octanol–water partition coefficient (Wildman–Crippen LogP) is 5.25. The van der Waals surface area contributed by atoms with E-state index in [2.05, 4.69) is 60.8 Å². The first kappa shape index (κ1) is 10.9. The molecule has 0 aliphatic carbocycles. The van der Waals surface area contributed by atoms with Crippen molar-refractivity contribution in [2.75, 3.05) is 0 Å². The fourth-order valence-corrected chi connectivity index (χ4v) is 4.10. The lowest BCUT2D eigenvalue weighted by Crippen LogP contribution is -1.90. The summed E-state index contributed by atoms with van der Waals surface area (Å²) < 4.78 is 1.20. The standard InChI is InChI=1S/C10H8Br2S2/c11-8(5-7-3-4-13-6-7)9-1-2-10(12)14-9/h1-4,6,8H,5H2. The van der Waals surface area contributed by atoms with Crippen molar-refractivity contribution in [1.82, 2.24) is 0 Å². The Balaban J connectivity index is 2.06. The summed E-state index contributed by atoms with van der Waals surface area (Å²) >= 11 is 10.7. The summed E-state index contributed by atoms with van der Waals surface area (Å²) in [6.07, 6.45) is 1.07. The van der Waals surface area contributed by atoms with Gasteiger partial charge in [-0.3, -0.25) is 0 Å². The summed E-state index contributed by atoms with van der Waals surface area (Å²) in [6.45, 7) is 0. The van der Waals surface area contributed by atoms with Crippen LogP contribution in [0.5, 0.6) is 0 Å². The van der Waals surface area contributed by atoms with Crippen LogP contribution in [0.1, 0.15) is 15.3 Å². The molecule has 0 bridgehead atoms. The SMILES string of the molecule is Brc1ccc(C(Br)Cc2ccsc2)s1. The number of alkyl halides is 1. The average molecular weight is 352 g/mol. The van der Waals surface area contributed by atoms with Gasteiger partial charge in [-0.15, -0.1) is 11.3 Å². The highest BCUT2D eigenvalue weighted by molar-refractivity contribution is 9.11. The molecule has 2 rings (SSSR count). The second kappa shape index (κ2) is 4.92. The predicted molar refractivity (Wildman–Crippen MR) is 71.7 cm³/mol. The lowest BCUT2D eigenvalue weighted by molar-refractivity contribution is 0.976. The number of rotatable bonds is 3. The van der Waals surface area contributed by atoms with E-state index in [0.717, 1.165) is 6.42 Å². The molecule has 14 heavy (non-hydrogen) atoms. The van der Waals surface area contributed by atoms with Gasteiger partial charge < -0.3 is 0 Å². The fraction of sp³-hybridized carbons (Fsp3) is 0.200. The zero-order valence-electron chi connectivity index (χ0n) is 7.24. The van der Waals surface area contributed by atoms with E-state index in [1.807, 2.05) is 0 Å². The highest BCUT2D eigenvalue weighted by atomic mass is 79.9. The highest BCUT2D eigenvalue weighted by Gasteiger charge is 2.10. The minimum atomic E-state index is 0.438. The van der Waals surface area contributed by atoms with Crippen molar-refractivity contribution >= 4 is 54.5 Å². The Morgan fingerprint density at radius 2 is 2.14 bits per heavy atom. The molecule has 1 unspecified atom stereocenters. The first-order valence-corrected chi connectivity index (χ1v) is 7.63.